The van der Waals surface area contributed by atoms with Crippen molar-refractivity contribution < 1.29 is 14.3 Å². The van der Waals surface area contributed by atoms with E-state index in [9.17, 15) is 4.79 Å². The minimum Gasteiger partial charge on any atom is -0.480 e. The van der Waals surface area contributed by atoms with Gasteiger partial charge in [0, 0.05) is 12.0 Å². The third-order valence-corrected chi connectivity index (χ3v) is 5.71. The van der Waals surface area contributed by atoms with E-state index in [2.05, 4.69) is 24.3 Å². The van der Waals surface area contributed by atoms with Crippen molar-refractivity contribution in [1.29, 1.82) is 0 Å². The van der Waals surface area contributed by atoms with Crippen LogP contribution in [0.1, 0.15) is 17.0 Å². The van der Waals surface area contributed by atoms with Crippen molar-refractivity contribution in [2.75, 3.05) is 13.2 Å². The van der Waals surface area contributed by atoms with Crippen LogP contribution in [0.5, 0.6) is 5.75 Å². The second-order valence-electron chi connectivity index (χ2n) is 6.40. The zero-order valence-corrected chi connectivity index (χ0v) is 16.9. The molecular formula is C22H15Cl3O3. The molecule has 0 aliphatic heterocycles. The van der Waals surface area contributed by atoms with Crippen molar-refractivity contribution in [3.8, 4) is 16.9 Å². The Morgan fingerprint density at radius 3 is 2.04 bits per heavy atom. The fourth-order valence-electron chi connectivity index (χ4n) is 3.41. The summed E-state index contributed by atoms with van der Waals surface area (Å²) in [6, 6.07) is 19.3. The molecule has 0 heterocycles. The molecule has 0 unspecified atom stereocenters. The molecule has 6 heteroatoms. The minimum atomic E-state index is -0.482. The number of halogens is 3. The summed E-state index contributed by atoms with van der Waals surface area (Å²) in [4.78, 5) is 12.2. The van der Waals surface area contributed by atoms with E-state index in [0.717, 1.165) is 11.1 Å². The van der Waals surface area contributed by atoms with Gasteiger partial charge >= 0.3 is 5.97 Å². The lowest BCUT2D eigenvalue weighted by molar-refractivity contribution is -0.146. The second-order valence-corrected chi connectivity index (χ2v) is 7.62. The number of rotatable bonds is 5. The van der Waals surface area contributed by atoms with Gasteiger partial charge in [-0.2, -0.15) is 0 Å². The summed E-state index contributed by atoms with van der Waals surface area (Å²) in [7, 11) is 0. The Bertz CT molecular complexity index is 1000. The summed E-state index contributed by atoms with van der Waals surface area (Å²) in [5, 5.41) is 0.898. The Morgan fingerprint density at radius 1 is 0.821 bits per heavy atom. The molecule has 1 aliphatic carbocycles. The molecule has 1 aliphatic rings. The maximum absolute atomic E-state index is 12.2. The number of carbonyl (C=O) groups is 1. The number of hydrogen-bond acceptors (Lipinski definition) is 3. The van der Waals surface area contributed by atoms with E-state index in [1.165, 1.54) is 23.3 Å². The molecule has 4 rings (SSSR count). The average molecular weight is 434 g/mol. The topological polar surface area (TPSA) is 35.5 Å². The lowest BCUT2D eigenvalue weighted by atomic mass is 9.98. The number of ether oxygens (including phenoxy) is 2. The molecule has 142 valence electrons. The van der Waals surface area contributed by atoms with Crippen LogP contribution in [0.3, 0.4) is 0 Å². The Morgan fingerprint density at radius 2 is 1.39 bits per heavy atom. The monoisotopic (exact) mass is 432 g/mol. The van der Waals surface area contributed by atoms with Crippen molar-refractivity contribution >= 4 is 40.8 Å². The molecule has 0 bridgehead atoms. The third kappa shape index (κ3) is 3.70. The van der Waals surface area contributed by atoms with Crippen LogP contribution < -0.4 is 4.74 Å². The molecule has 3 aromatic carbocycles. The SMILES string of the molecule is O=C(COc1cc(Cl)c(Cl)cc1Cl)OCC1c2ccccc2-c2ccccc21. The zero-order valence-electron chi connectivity index (χ0n) is 14.6. The Hall–Kier alpha value is -2.20. The number of fused-ring (bicyclic) bond motifs is 3. The lowest BCUT2D eigenvalue weighted by Crippen LogP contribution is -2.18. The van der Waals surface area contributed by atoms with E-state index >= 15 is 0 Å². The zero-order chi connectivity index (χ0) is 19.7. The first kappa shape index (κ1) is 19.1. The van der Waals surface area contributed by atoms with Crippen LogP contribution in [0, 0.1) is 0 Å². The van der Waals surface area contributed by atoms with E-state index in [0.29, 0.717) is 10.0 Å². The quantitative estimate of drug-likeness (QED) is 0.346. The van der Waals surface area contributed by atoms with Gasteiger partial charge in [-0.3, -0.25) is 0 Å². The van der Waals surface area contributed by atoms with Crippen molar-refractivity contribution in [1.82, 2.24) is 0 Å². The van der Waals surface area contributed by atoms with Crippen molar-refractivity contribution in [2.24, 2.45) is 0 Å². The maximum Gasteiger partial charge on any atom is 0.344 e. The summed E-state index contributed by atoms with van der Waals surface area (Å²) in [5.74, 6) is -0.196. The molecule has 0 saturated heterocycles. The molecular weight excluding hydrogens is 419 g/mol. The van der Waals surface area contributed by atoms with Gasteiger partial charge in [0.2, 0.25) is 0 Å². The molecule has 0 saturated carbocycles. The average Bonchev–Trinajstić information content (AvgIpc) is 3.02. The van der Waals surface area contributed by atoms with E-state index < -0.39 is 5.97 Å². The predicted octanol–water partition coefficient (Wildman–Crippen LogP) is 6.38. The van der Waals surface area contributed by atoms with Crippen molar-refractivity contribution in [3.05, 3.63) is 86.9 Å². The van der Waals surface area contributed by atoms with E-state index in [1.54, 1.807) is 0 Å². The Labute approximate surface area is 177 Å². The van der Waals surface area contributed by atoms with E-state index in [4.69, 9.17) is 44.3 Å². The van der Waals surface area contributed by atoms with Gasteiger partial charge in [-0.15, -0.1) is 0 Å². The molecule has 0 N–H and O–H groups in total. The molecule has 0 radical (unpaired) electrons. The van der Waals surface area contributed by atoms with Gasteiger partial charge in [0.1, 0.15) is 12.4 Å². The van der Waals surface area contributed by atoms with Gasteiger partial charge in [-0.25, -0.2) is 4.79 Å². The van der Waals surface area contributed by atoms with Crippen molar-refractivity contribution in [2.45, 2.75) is 5.92 Å². The summed E-state index contributed by atoms with van der Waals surface area (Å²) >= 11 is 17.9. The lowest BCUT2D eigenvalue weighted by Gasteiger charge is -2.14. The molecule has 28 heavy (non-hydrogen) atoms. The Balaban J connectivity index is 1.42. The van der Waals surface area contributed by atoms with Gasteiger partial charge in [0.25, 0.3) is 0 Å². The normalized spacial score (nSPS) is 12.4. The summed E-state index contributed by atoms with van der Waals surface area (Å²) in [6.45, 7) is -0.0287. The fraction of sp³-hybridized carbons (Fsp3) is 0.136. The van der Waals surface area contributed by atoms with Gasteiger partial charge < -0.3 is 9.47 Å². The highest BCUT2D eigenvalue weighted by Gasteiger charge is 2.29. The third-order valence-electron chi connectivity index (χ3n) is 4.69. The van der Waals surface area contributed by atoms with Crippen LogP contribution in [0.4, 0.5) is 0 Å². The van der Waals surface area contributed by atoms with Crippen molar-refractivity contribution in [3.63, 3.8) is 0 Å². The van der Waals surface area contributed by atoms with Crippen LogP contribution in [-0.2, 0) is 9.53 Å². The van der Waals surface area contributed by atoms with Crippen LogP contribution in [0.15, 0.2) is 60.7 Å². The molecule has 3 aromatic rings. The highest BCUT2D eigenvalue weighted by atomic mass is 35.5. The number of carbonyl (C=O) groups excluding carboxylic acids is 1. The van der Waals surface area contributed by atoms with Crippen LogP contribution in [0.25, 0.3) is 11.1 Å². The first-order valence-electron chi connectivity index (χ1n) is 8.66. The first-order chi connectivity index (χ1) is 13.5. The predicted molar refractivity (Wildman–Crippen MR) is 112 cm³/mol. The molecule has 0 fully saturated rings. The summed E-state index contributed by atoms with van der Waals surface area (Å²) < 4.78 is 10.9. The number of esters is 1. The summed E-state index contributed by atoms with van der Waals surface area (Å²) in [6.07, 6.45) is 0. The van der Waals surface area contributed by atoms with E-state index in [-0.39, 0.29) is 29.9 Å². The van der Waals surface area contributed by atoms with Gasteiger partial charge in [-0.1, -0.05) is 83.3 Å². The minimum absolute atomic E-state index is 0.00455. The smallest absolute Gasteiger partial charge is 0.344 e. The molecule has 0 amide bonds. The molecule has 3 nitrogen and oxygen atoms in total. The standard InChI is InChI=1S/C22H15Cl3O3/c23-18-9-20(25)21(10-19(18)24)27-12-22(26)28-11-17-15-7-3-1-5-13(15)14-6-2-4-8-16(14)17/h1-10,17H,11-12H2. The van der Waals surface area contributed by atoms with Crippen LogP contribution in [-0.4, -0.2) is 19.2 Å². The number of hydrogen-bond donors (Lipinski definition) is 0. The summed E-state index contributed by atoms with van der Waals surface area (Å²) in [5.41, 5.74) is 4.67. The van der Waals surface area contributed by atoms with Crippen LogP contribution in [0.2, 0.25) is 15.1 Å². The molecule has 0 spiro atoms. The fourth-order valence-corrected chi connectivity index (χ4v) is 4.00. The first-order valence-corrected chi connectivity index (χ1v) is 9.79. The van der Waals surface area contributed by atoms with Gasteiger partial charge in [-0.05, 0) is 28.3 Å². The molecule has 0 atom stereocenters. The van der Waals surface area contributed by atoms with Gasteiger partial charge in [0.15, 0.2) is 6.61 Å². The largest absolute Gasteiger partial charge is 0.480 e. The molecule has 0 aromatic heterocycles. The van der Waals surface area contributed by atoms with Crippen LogP contribution >= 0.6 is 34.8 Å². The number of benzene rings is 3. The Kier molecular flexibility index (Phi) is 5.49. The second kappa shape index (κ2) is 8.04. The highest BCUT2D eigenvalue weighted by molar-refractivity contribution is 6.43. The van der Waals surface area contributed by atoms with E-state index in [1.807, 2.05) is 24.3 Å². The highest BCUT2D eigenvalue weighted by Crippen LogP contribution is 2.44. The maximum atomic E-state index is 12.2. The van der Waals surface area contributed by atoms with Gasteiger partial charge in [0.05, 0.1) is 15.1 Å².